The minimum Gasteiger partial charge on any atom is -0.506 e. The lowest BCUT2D eigenvalue weighted by molar-refractivity contribution is -0.158. The fourth-order valence-corrected chi connectivity index (χ4v) is 6.96. The van der Waals surface area contributed by atoms with Crippen LogP contribution >= 0.6 is 15.9 Å². The number of hydrogen-bond donors (Lipinski definition) is 1. The molecule has 1 aromatic rings. The van der Waals surface area contributed by atoms with Gasteiger partial charge in [-0.05, 0) is 74.5 Å². The van der Waals surface area contributed by atoms with Crippen molar-refractivity contribution in [2.24, 2.45) is 23.2 Å². The predicted molar refractivity (Wildman–Crippen MR) is 105 cm³/mol. The van der Waals surface area contributed by atoms with Crippen molar-refractivity contribution in [2.45, 2.75) is 38.5 Å². The monoisotopic (exact) mass is 418 g/mol. The van der Waals surface area contributed by atoms with Crippen molar-refractivity contribution in [1.29, 1.82) is 0 Å². The smallest absolute Gasteiger partial charge is 0.228 e. The molecule has 1 N–H and O–H groups in total. The second-order valence-corrected chi connectivity index (χ2v) is 10.0. The van der Waals surface area contributed by atoms with Gasteiger partial charge in [0, 0.05) is 30.7 Å². The molecular weight excluding hydrogens is 392 g/mol. The first-order chi connectivity index (χ1) is 12.5. The molecule has 0 spiro atoms. The van der Waals surface area contributed by atoms with E-state index in [1.54, 1.807) is 6.07 Å². The minimum atomic E-state index is -0.0329. The van der Waals surface area contributed by atoms with Crippen LogP contribution in [0.5, 0.6) is 5.75 Å². The number of nitrogens with zero attached hydrogens (tertiary/aromatic N) is 2. The fraction of sp³-hybridized carbons (Fsp3) is 0.667. The number of phenolic OH excluding ortho intramolecular Hbond substituents is 1. The quantitative estimate of drug-likeness (QED) is 0.788. The van der Waals surface area contributed by atoms with Gasteiger partial charge in [-0.3, -0.25) is 4.79 Å². The van der Waals surface area contributed by atoms with Crippen LogP contribution in [0, 0.1) is 23.2 Å². The predicted octanol–water partition coefficient (Wildman–Crippen LogP) is 4.02. The molecule has 140 valence electrons. The third-order valence-electron chi connectivity index (χ3n) is 7.34. The number of hydrogen-bond acceptors (Lipinski definition) is 3. The highest BCUT2D eigenvalue weighted by Gasteiger charge is 2.55. The van der Waals surface area contributed by atoms with Gasteiger partial charge in [-0.15, -0.1) is 0 Å². The molecule has 6 rings (SSSR count). The molecule has 0 radical (unpaired) electrons. The van der Waals surface area contributed by atoms with Gasteiger partial charge >= 0.3 is 0 Å². The van der Waals surface area contributed by atoms with Gasteiger partial charge in [-0.2, -0.15) is 0 Å². The number of carbonyl (C=O) groups is 1. The molecule has 4 bridgehead atoms. The maximum absolute atomic E-state index is 13.5. The number of rotatable bonds is 2. The summed E-state index contributed by atoms with van der Waals surface area (Å²) in [6, 6.07) is 5.55. The van der Waals surface area contributed by atoms with Crippen LogP contribution < -0.4 is 4.90 Å². The van der Waals surface area contributed by atoms with Gasteiger partial charge < -0.3 is 14.9 Å². The first-order valence-electron chi connectivity index (χ1n) is 10.1. The van der Waals surface area contributed by atoms with Crippen LogP contribution in [0.2, 0.25) is 0 Å². The fourth-order valence-electron chi connectivity index (χ4n) is 6.61. The lowest BCUT2D eigenvalue weighted by atomic mass is 9.49. The van der Waals surface area contributed by atoms with E-state index in [0.29, 0.717) is 11.7 Å². The van der Waals surface area contributed by atoms with E-state index in [4.69, 9.17) is 0 Å². The molecule has 26 heavy (non-hydrogen) atoms. The number of piperazine rings is 1. The minimum absolute atomic E-state index is 0.0329. The number of carbonyl (C=O) groups excluding carboxylic acids is 1. The van der Waals surface area contributed by atoms with Crippen LogP contribution in [-0.2, 0) is 4.79 Å². The van der Waals surface area contributed by atoms with E-state index in [0.717, 1.165) is 73.4 Å². The van der Waals surface area contributed by atoms with Crippen LogP contribution in [0.3, 0.4) is 0 Å². The molecule has 4 saturated carbocycles. The summed E-state index contributed by atoms with van der Waals surface area (Å²) in [7, 11) is 0. The van der Waals surface area contributed by atoms with Gasteiger partial charge in [-0.1, -0.05) is 15.9 Å². The van der Waals surface area contributed by atoms with Gasteiger partial charge in [-0.25, -0.2) is 0 Å². The highest BCUT2D eigenvalue weighted by Crippen LogP contribution is 2.60. The third kappa shape index (κ3) is 2.74. The maximum atomic E-state index is 13.5. The van der Waals surface area contributed by atoms with E-state index in [2.05, 4.69) is 25.7 Å². The lowest BCUT2D eigenvalue weighted by Crippen LogP contribution is -2.58. The normalized spacial score (nSPS) is 35.8. The summed E-state index contributed by atoms with van der Waals surface area (Å²) >= 11 is 3.49. The Kier molecular flexibility index (Phi) is 4.00. The molecule has 1 aromatic carbocycles. The Morgan fingerprint density at radius 1 is 1.00 bits per heavy atom. The first-order valence-corrected chi connectivity index (χ1v) is 10.8. The van der Waals surface area contributed by atoms with Crippen molar-refractivity contribution in [3.05, 3.63) is 22.7 Å². The zero-order valence-corrected chi connectivity index (χ0v) is 16.7. The molecule has 1 heterocycles. The van der Waals surface area contributed by atoms with Gasteiger partial charge in [0.15, 0.2) is 0 Å². The van der Waals surface area contributed by atoms with E-state index in [1.807, 2.05) is 12.1 Å². The van der Waals surface area contributed by atoms with Crippen molar-refractivity contribution >= 4 is 27.5 Å². The number of aromatic hydroxyl groups is 1. The van der Waals surface area contributed by atoms with E-state index >= 15 is 0 Å². The molecule has 5 heteroatoms. The van der Waals surface area contributed by atoms with Crippen LogP contribution in [-0.4, -0.2) is 42.1 Å². The van der Waals surface area contributed by atoms with Crippen molar-refractivity contribution < 1.29 is 9.90 Å². The number of phenols is 1. The largest absolute Gasteiger partial charge is 0.506 e. The highest BCUT2D eigenvalue weighted by molar-refractivity contribution is 9.10. The Morgan fingerprint density at radius 3 is 2.15 bits per heavy atom. The molecule has 1 aliphatic heterocycles. The Morgan fingerprint density at radius 2 is 1.58 bits per heavy atom. The van der Waals surface area contributed by atoms with E-state index < -0.39 is 0 Å². The molecule has 4 aliphatic carbocycles. The first kappa shape index (κ1) is 16.9. The summed E-state index contributed by atoms with van der Waals surface area (Å²) in [5.41, 5.74) is 0.829. The van der Waals surface area contributed by atoms with Crippen molar-refractivity contribution in [2.75, 3.05) is 31.1 Å². The van der Waals surface area contributed by atoms with Crippen molar-refractivity contribution in [3.63, 3.8) is 0 Å². The second-order valence-electron chi connectivity index (χ2n) is 9.11. The van der Waals surface area contributed by atoms with Crippen LogP contribution in [0.1, 0.15) is 38.5 Å². The van der Waals surface area contributed by atoms with Gasteiger partial charge in [0.25, 0.3) is 0 Å². The molecule has 1 saturated heterocycles. The van der Waals surface area contributed by atoms with E-state index in [1.165, 1.54) is 19.3 Å². The van der Waals surface area contributed by atoms with Crippen molar-refractivity contribution in [1.82, 2.24) is 4.90 Å². The van der Waals surface area contributed by atoms with E-state index in [-0.39, 0.29) is 5.41 Å². The number of benzene rings is 1. The topological polar surface area (TPSA) is 43.8 Å². The number of amides is 1. The molecule has 4 nitrogen and oxygen atoms in total. The summed E-state index contributed by atoms with van der Waals surface area (Å²) in [6.07, 6.45) is 7.56. The summed E-state index contributed by atoms with van der Waals surface area (Å²) in [6.45, 7) is 3.13. The second kappa shape index (κ2) is 6.15. The highest BCUT2D eigenvalue weighted by atomic mass is 79.9. The van der Waals surface area contributed by atoms with Crippen LogP contribution in [0.25, 0.3) is 0 Å². The maximum Gasteiger partial charge on any atom is 0.228 e. The summed E-state index contributed by atoms with van der Waals surface area (Å²) < 4.78 is 0.970. The molecule has 0 aromatic heterocycles. The SMILES string of the molecule is O=C(N1CCN(c2cc(Br)ccc2O)CC1)C12CC3CC(CC(C3)C1)C2. The molecule has 0 atom stereocenters. The number of halogens is 1. The zero-order valence-electron chi connectivity index (χ0n) is 15.2. The average molecular weight is 419 g/mol. The van der Waals surface area contributed by atoms with E-state index in [9.17, 15) is 9.90 Å². The Balaban J connectivity index is 1.28. The summed E-state index contributed by atoms with van der Waals surface area (Å²) in [4.78, 5) is 17.8. The van der Waals surface area contributed by atoms with Gasteiger partial charge in [0.1, 0.15) is 5.75 Å². The molecule has 0 unspecified atom stereocenters. The van der Waals surface area contributed by atoms with Gasteiger partial charge in [0.05, 0.1) is 11.1 Å². The summed E-state index contributed by atoms with van der Waals surface area (Å²) in [5.74, 6) is 3.18. The average Bonchev–Trinajstić information content (AvgIpc) is 2.62. The molecule has 5 aliphatic rings. The molecule has 1 amide bonds. The lowest BCUT2D eigenvalue weighted by Gasteiger charge is -2.57. The Hall–Kier alpha value is -1.23. The Bertz CT molecular complexity index is 691. The van der Waals surface area contributed by atoms with Crippen LogP contribution in [0.4, 0.5) is 5.69 Å². The number of anilines is 1. The van der Waals surface area contributed by atoms with Crippen molar-refractivity contribution in [3.8, 4) is 5.75 Å². The standard InChI is InChI=1S/C21H27BrN2O2/c22-17-1-2-19(25)18(10-17)23-3-5-24(6-4-23)20(26)21-11-14-7-15(12-21)9-16(8-14)13-21/h1-2,10,14-16,25H,3-9,11-13H2. The molecular formula is C21H27BrN2O2. The Labute approximate surface area is 163 Å². The third-order valence-corrected chi connectivity index (χ3v) is 7.83. The zero-order chi connectivity index (χ0) is 17.9. The van der Waals surface area contributed by atoms with Crippen LogP contribution in [0.15, 0.2) is 22.7 Å². The van der Waals surface area contributed by atoms with Gasteiger partial charge in [0.2, 0.25) is 5.91 Å². The molecule has 5 fully saturated rings. The summed E-state index contributed by atoms with van der Waals surface area (Å²) in [5, 5.41) is 10.2.